The SMILES string of the molecule is CC1(C)CCc2ccc(CCC=O)cc21. The highest BCUT2D eigenvalue weighted by molar-refractivity contribution is 5.50. The van der Waals surface area contributed by atoms with Crippen LogP contribution in [0.15, 0.2) is 18.2 Å². The summed E-state index contributed by atoms with van der Waals surface area (Å²) in [5, 5.41) is 0. The summed E-state index contributed by atoms with van der Waals surface area (Å²) >= 11 is 0. The average molecular weight is 202 g/mol. The summed E-state index contributed by atoms with van der Waals surface area (Å²) in [4.78, 5) is 10.3. The zero-order valence-electron chi connectivity index (χ0n) is 9.55. The van der Waals surface area contributed by atoms with E-state index in [1.807, 2.05) is 0 Å². The first-order valence-electron chi connectivity index (χ1n) is 5.69. The topological polar surface area (TPSA) is 17.1 Å². The van der Waals surface area contributed by atoms with Crippen LogP contribution in [0.25, 0.3) is 0 Å². The van der Waals surface area contributed by atoms with Crippen LogP contribution in [0.1, 0.15) is 43.4 Å². The van der Waals surface area contributed by atoms with Gasteiger partial charge in [0.1, 0.15) is 6.29 Å². The minimum Gasteiger partial charge on any atom is -0.303 e. The fourth-order valence-electron chi connectivity index (χ4n) is 2.43. The van der Waals surface area contributed by atoms with Crippen LogP contribution in [0.2, 0.25) is 0 Å². The van der Waals surface area contributed by atoms with E-state index in [1.54, 1.807) is 0 Å². The van der Waals surface area contributed by atoms with E-state index < -0.39 is 0 Å². The number of aryl methyl sites for hydroxylation is 2. The molecule has 1 aliphatic rings. The molecule has 1 aromatic carbocycles. The van der Waals surface area contributed by atoms with Gasteiger partial charge >= 0.3 is 0 Å². The molecule has 80 valence electrons. The van der Waals surface area contributed by atoms with Gasteiger partial charge in [-0.1, -0.05) is 32.0 Å². The number of fused-ring (bicyclic) bond motifs is 1. The molecule has 0 bridgehead atoms. The number of carbonyl (C=O) groups excluding carboxylic acids is 1. The number of carbonyl (C=O) groups is 1. The Bertz CT molecular complexity index is 377. The fraction of sp³-hybridized carbons (Fsp3) is 0.500. The van der Waals surface area contributed by atoms with Gasteiger partial charge in [0.25, 0.3) is 0 Å². The van der Waals surface area contributed by atoms with Crippen LogP contribution in [0.5, 0.6) is 0 Å². The highest BCUT2D eigenvalue weighted by Gasteiger charge is 2.29. The summed E-state index contributed by atoms with van der Waals surface area (Å²) in [6.45, 7) is 4.62. The lowest BCUT2D eigenvalue weighted by atomic mass is 9.85. The highest BCUT2D eigenvalue weighted by atomic mass is 16.1. The van der Waals surface area contributed by atoms with Crippen LogP contribution in [-0.2, 0) is 23.1 Å². The van der Waals surface area contributed by atoms with Gasteiger partial charge in [-0.3, -0.25) is 0 Å². The van der Waals surface area contributed by atoms with Crippen LogP contribution < -0.4 is 0 Å². The van der Waals surface area contributed by atoms with Gasteiger partial charge in [0.15, 0.2) is 0 Å². The third-order valence-corrected chi connectivity index (χ3v) is 3.47. The van der Waals surface area contributed by atoms with Crippen molar-refractivity contribution in [1.29, 1.82) is 0 Å². The Morgan fingerprint density at radius 3 is 2.93 bits per heavy atom. The van der Waals surface area contributed by atoms with Gasteiger partial charge in [-0.15, -0.1) is 0 Å². The molecule has 2 rings (SSSR count). The molecule has 0 heterocycles. The second-order valence-corrected chi connectivity index (χ2v) is 5.08. The molecule has 1 nitrogen and oxygen atoms in total. The van der Waals surface area contributed by atoms with Crippen molar-refractivity contribution in [2.75, 3.05) is 0 Å². The van der Waals surface area contributed by atoms with Crippen molar-refractivity contribution in [2.24, 2.45) is 0 Å². The van der Waals surface area contributed by atoms with Crippen molar-refractivity contribution < 1.29 is 4.79 Å². The van der Waals surface area contributed by atoms with E-state index in [2.05, 4.69) is 32.0 Å². The molecule has 0 amide bonds. The van der Waals surface area contributed by atoms with Crippen molar-refractivity contribution in [1.82, 2.24) is 0 Å². The van der Waals surface area contributed by atoms with E-state index in [4.69, 9.17) is 0 Å². The zero-order chi connectivity index (χ0) is 10.9. The molecule has 0 spiro atoms. The Morgan fingerprint density at radius 1 is 1.40 bits per heavy atom. The molecule has 0 radical (unpaired) electrons. The zero-order valence-corrected chi connectivity index (χ0v) is 9.55. The Hall–Kier alpha value is -1.11. The molecular weight excluding hydrogens is 184 g/mol. The maximum absolute atomic E-state index is 10.3. The molecule has 0 aliphatic heterocycles. The molecule has 1 aromatic rings. The molecule has 0 fully saturated rings. The second-order valence-electron chi connectivity index (χ2n) is 5.08. The van der Waals surface area contributed by atoms with Crippen molar-refractivity contribution in [3.63, 3.8) is 0 Å². The molecule has 0 aromatic heterocycles. The summed E-state index contributed by atoms with van der Waals surface area (Å²) in [5.41, 5.74) is 4.61. The maximum atomic E-state index is 10.3. The van der Waals surface area contributed by atoms with Crippen LogP contribution in [0.4, 0.5) is 0 Å². The van der Waals surface area contributed by atoms with Crippen molar-refractivity contribution in [2.45, 2.75) is 44.9 Å². The van der Waals surface area contributed by atoms with Crippen LogP contribution >= 0.6 is 0 Å². The molecular formula is C14H18O. The lowest BCUT2D eigenvalue weighted by Gasteiger charge is -2.19. The van der Waals surface area contributed by atoms with E-state index in [-0.39, 0.29) is 0 Å². The van der Waals surface area contributed by atoms with E-state index in [0.29, 0.717) is 11.8 Å². The maximum Gasteiger partial charge on any atom is 0.120 e. The molecule has 1 heteroatoms. The first kappa shape index (κ1) is 10.4. The quantitative estimate of drug-likeness (QED) is 0.688. The normalized spacial score (nSPS) is 17.5. The lowest BCUT2D eigenvalue weighted by molar-refractivity contribution is -0.107. The predicted octanol–water partition coefficient (Wildman–Crippen LogP) is 3.04. The fourth-order valence-corrected chi connectivity index (χ4v) is 2.43. The number of hydrogen-bond acceptors (Lipinski definition) is 1. The van der Waals surface area contributed by atoms with Crippen molar-refractivity contribution in [3.05, 3.63) is 34.9 Å². The smallest absolute Gasteiger partial charge is 0.120 e. The molecule has 0 saturated carbocycles. The van der Waals surface area contributed by atoms with Gasteiger partial charge < -0.3 is 4.79 Å². The minimum atomic E-state index is 0.326. The van der Waals surface area contributed by atoms with Gasteiger partial charge in [-0.25, -0.2) is 0 Å². The molecule has 0 atom stereocenters. The molecule has 0 N–H and O–H groups in total. The number of benzene rings is 1. The third kappa shape index (κ3) is 1.97. The largest absolute Gasteiger partial charge is 0.303 e. The molecule has 0 unspecified atom stereocenters. The summed E-state index contributed by atoms with van der Waals surface area (Å²) in [6, 6.07) is 6.71. The summed E-state index contributed by atoms with van der Waals surface area (Å²) in [5.74, 6) is 0. The number of aldehydes is 1. The average Bonchev–Trinajstić information content (AvgIpc) is 2.52. The Morgan fingerprint density at radius 2 is 2.20 bits per heavy atom. The van der Waals surface area contributed by atoms with E-state index in [0.717, 1.165) is 12.7 Å². The Labute approximate surface area is 91.5 Å². The number of hydrogen-bond donors (Lipinski definition) is 0. The van der Waals surface area contributed by atoms with Crippen LogP contribution in [-0.4, -0.2) is 6.29 Å². The summed E-state index contributed by atoms with van der Waals surface area (Å²) < 4.78 is 0. The first-order chi connectivity index (χ1) is 7.13. The number of rotatable bonds is 3. The van der Waals surface area contributed by atoms with E-state index in [9.17, 15) is 4.79 Å². The van der Waals surface area contributed by atoms with Crippen molar-refractivity contribution in [3.8, 4) is 0 Å². The Kier molecular flexibility index (Phi) is 2.64. The minimum absolute atomic E-state index is 0.326. The molecule has 1 aliphatic carbocycles. The summed E-state index contributed by atoms with van der Waals surface area (Å²) in [7, 11) is 0. The Balaban J connectivity index is 2.29. The van der Waals surface area contributed by atoms with Gasteiger partial charge in [0.2, 0.25) is 0 Å². The molecule has 0 saturated heterocycles. The second kappa shape index (κ2) is 3.80. The van der Waals surface area contributed by atoms with Gasteiger partial charge in [-0.05, 0) is 41.4 Å². The summed E-state index contributed by atoms with van der Waals surface area (Å²) in [6.07, 6.45) is 4.97. The van der Waals surface area contributed by atoms with Gasteiger partial charge in [0, 0.05) is 6.42 Å². The lowest BCUT2D eigenvalue weighted by Crippen LogP contribution is -2.12. The first-order valence-corrected chi connectivity index (χ1v) is 5.69. The van der Waals surface area contributed by atoms with Crippen LogP contribution in [0, 0.1) is 0 Å². The van der Waals surface area contributed by atoms with Gasteiger partial charge in [-0.2, -0.15) is 0 Å². The van der Waals surface area contributed by atoms with Crippen molar-refractivity contribution >= 4 is 6.29 Å². The third-order valence-electron chi connectivity index (χ3n) is 3.47. The standard InChI is InChI=1S/C14H18O/c1-14(2)8-7-12-6-5-11(4-3-9-15)10-13(12)14/h5-6,9-10H,3-4,7-8H2,1-2H3. The van der Waals surface area contributed by atoms with E-state index in [1.165, 1.54) is 29.5 Å². The van der Waals surface area contributed by atoms with Crippen LogP contribution in [0.3, 0.4) is 0 Å². The predicted molar refractivity (Wildman–Crippen MR) is 62.2 cm³/mol. The highest BCUT2D eigenvalue weighted by Crippen LogP contribution is 2.38. The molecule has 15 heavy (non-hydrogen) atoms. The van der Waals surface area contributed by atoms with E-state index >= 15 is 0 Å². The van der Waals surface area contributed by atoms with Gasteiger partial charge in [0.05, 0.1) is 0 Å². The monoisotopic (exact) mass is 202 g/mol.